The lowest BCUT2D eigenvalue weighted by atomic mass is 9.88. The zero-order valence-corrected chi connectivity index (χ0v) is 10.9. The van der Waals surface area contributed by atoms with Gasteiger partial charge in [-0.1, -0.05) is 6.07 Å². The molecule has 96 valence electrons. The minimum Gasteiger partial charge on any atom is -0.364 e. The van der Waals surface area contributed by atoms with E-state index in [1.807, 2.05) is 18.0 Å². The Kier molecular flexibility index (Phi) is 2.38. The second-order valence-corrected chi connectivity index (χ2v) is 5.58. The molecule has 4 heteroatoms. The van der Waals surface area contributed by atoms with Gasteiger partial charge in [0.15, 0.2) is 0 Å². The second kappa shape index (κ2) is 3.72. The van der Waals surface area contributed by atoms with E-state index >= 15 is 0 Å². The third-order valence-electron chi connectivity index (χ3n) is 4.30. The fourth-order valence-electron chi connectivity index (χ4n) is 2.89. The molecule has 1 heterocycles. The number of nitrogens with two attached hydrogens (primary N) is 1. The molecule has 1 aromatic carbocycles. The molecule has 0 aromatic heterocycles. The molecule has 4 nitrogen and oxygen atoms in total. The first kappa shape index (κ1) is 11.5. The minimum atomic E-state index is 0.0473. The summed E-state index contributed by atoms with van der Waals surface area (Å²) in [6.45, 7) is 2.50. The van der Waals surface area contributed by atoms with Gasteiger partial charge in [0.1, 0.15) is 0 Å². The van der Waals surface area contributed by atoms with Crippen LogP contribution in [0.1, 0.15) is 25.3 Å². The monoisotopic (exact) mass is 245 g/mol. The maximum atomic E-state index is 11.5. The number of nitrogens with one attached hydrogen (secondary N) is 1. The van der Waals surface area contributed by atoms with E-state index in [2.05, 4.69) is 24.4 Å². The van der Waals surface area contributed by atoms with Gasteiger partial charge in [-0.3, -0.25) is 4.79 Å². The van der Waals surface area contributed by atoms with Crippen molar-refractivity contribution < 1.29 is 4.79 Å². The summed E-state index contributed by atoms with van der Waals surface area (Å²) in [5, 5.41) is 2.91. The highest BCUT2D eigenvalue weighted by Crippen LogP contribution is 2.51. The van der Waals surface area contributed by atoms with Crippen molar-refractivity contribution in [3.8, 4) is 0 Å². The van der Waals surface area contributed by atoms with Crippen molar-refractivity contribution in [2.24, 2.45) is 5.73 Å². The Morgan fingerprint density at radius 2 is 2.17 bits per heavy atom. The van der Waals surface area contributed by atoms with Crippen molar-refractivity contribution in [1.29, 1.82) is 0 Å². The van der Waals surface area contributed by atoms with Gasteiger partial charge in [0.05, 0.1) is 17.9 Å². The lowest BCUT2D eigenvalue weighted by Gasteiger charge is -2.29. The molecule has 0 saturated heterocycles. The van der Waals surface area contributed by atoms with Crippen LogP contribution in [-0.2, 0) is 10.2 Å². The number of hydrogen-bond donors (Lipinski definition) is 2. The molecule has 0 bridgehead atoms. The molecular weight excluding hydrogens is 226 g/mol. The average Bonchev–Trinajstić information content (AvgIpc) is 3.09. The van der Waals surface area contributed by atoms with Crippen LogP contribution < -0.4 is 16.0 Å². The van der Waals surface area contributed by atoms with E-state index in [0.717, 1.165) is 11.4 Å². The molecule has 1 atom stereocenters. The molecule has 1 aliphatic carbocycles. The Morgan fingerprint density at radius 3 is 2.78 bits per heavy atom. The van der Waals surface area contributed by atoms with Crippen LogP contribution in [0, 0.1) is 0 Å². The number of fused-ring (bicyclic) bond motifs is 1. The summed E-state index contributed by atoms with van der Waals surface area (Å²) in [7, 11) is 1.95. The normalized spacial score (nSPS) is 22.2. The predicted octanol–water partition coefficient (Wildman–Crippen LogP) is 1.45. The van der Waals surface area contributed by atoms with Crippen LogP contribution in [0.3, 0.4) is 0 Å². The Morgan fingerprint density at radius 1 is 1.44 bits per heavy atom. The largest absolute Gasteiger partial charge is 0.364 e. The van der Waals surface area contributed by atoms with E-state index in [9.17, 15) is 4.79 Å². The first-order valence-corrected chi connectivity index (χ1v) is 6.44. The van der Waals surface area contributed by atoms with Crippen molar-refractivity contribution in [2.75, 3.05) is 23.8 Å². The van der Waals surface area contributed by atoms with Crippen LogP contribution in [0.2, 0.25) is 0 Å². The summed E-state index contributed by atoms with van der Waals surface area (Å²) in [5.74, 6) is 0.0473. The van der Waals surface area contributed by atoms with Crippen LogP contribution in [0.4, 0.5) is 11.4 Å². The number of hydrogen-bond acceptors (Lipinski definition) is 3. The van der Waals surface area contributed by atoms with Crippen LogP contribution in [0.5, 0.6) is 0 Å². The van der Waals surface area contributed by atoms with Gasteiger partial charge in [0, 0.05) is 18.5 Å². The molecule has 0 spiro atoms. The number of amides is 1. The topological polar surface area (TPSA) is 58.4 Å². The Balaban J connectivity index is 2.01. The van der Waals surface area contributed by atoms with E-state index in [0.29, 0.717) is 6.54 Å². The number of carbonyl (C=O) groups excluding carboxylic acids is 1. The zero-order valence-electron chi connectivity index (χ0n) is 10.9. The molecular formula is C14H19N3O. The standard InChI is InChI=1S/C14H19N3O/c1-9(15)14(5-6-14)10-3-4-11-12(7-10)17(2)8-13(18)16-11/h3-4,7,9H,5-6,8,15H2,1-2H3,(H,16,18). The fraction of sp³-hybridized carbons (Fsp3) is 0.500. The summed E-state index contributed by atoms with van der Waals surface area (Å²) >= 11 is 0. The smallest absolute Gasteiger partial charge is 0.243 e. The van der Waals surface area contributed by atoms with Gasteiger partial charge in [0.2, 0.25) is 5.91 Å². The molecule has 1 unspecified atom stereocenters. The summed E-state index contributed by atoms with van der Waals surface area (Å²) in [6.07, 6.45) is 2.33. The number of anilines is 2. The lowest BCUT2D eigenvalue weighted by molar-refractivity contribution is -0.115. The third-order valence-corrected chi connectivity index (χ3v) is 4.30. The Labute approximate surface area is 107 Å². The summed E-state index contributed by atoms with van der Waals surface area (Å²) < 4.78 is 0. The van der Waals surface area contributed by atoms with Gasteiger partial charge in [-0.2, -0.15) is 0 Å². The highest BCUT2D eigenvalue weighted by molar-refractivity contribution is 6.01. The number of benzene rings is 1. The van der Waals surface area contributed by atoms with Gasteiger partial charge in [-0.25, -0.2) is 0 Å². The number of carbonyl (C=O) groups is 1. The molecule has 1 aliphatic heterocycles. The first-order valence-electron chi connectivity index (χ1n) is 6.44. The van der Waals surface area contributed by atoms with Gasteiger partial charge in [-0.15, -0.1) is 0 Å². The Hall–Kier alpha value is -1.55. The van der Waals surface area contributed by atoms with Crippen LogP contribution in [0.15, 0.2) is 18.2 Å². The highest BCUT2D eigenvalue weighted by Gasteiger charge is 2.47. The number of rotatable bonds is 2. The van der Waals surface area contributed by atoms with Crippen LogP contribution in [0.25, 0.3) is 0 Å². The van der Waals surface area contributed by atoms with E-state index in [4.69, 9.17) is 5.73 Å². The average molecular weight is 245 g/mol. The van der Waals surface area contributed by atoms with E-state index in [1.165, 1.54) is 18.4 Å². The van der Waals surface area contributed by atoms with Gasteiger partial charge < -0.3 is 16.0 Å². The summed E-state index contributed by atoms with van der Waals surface area (Å²) in [4.78, 5) is 13.5. The van der Waals surface area contributed by atoms with E-state index < -0.39 is 0 Å². The van der Waals surface area contributed by atoms with Crippen LogP contribution >= 0.6 is 0 Å². The molecule has 0 radical (unpaired) electrons. The number of nitrogens with zero attached hydrogens (tertiary/aromatic N) is 1. The molecule has 1 aromatic rings. The van der Waals surface area contributed by atoms with Crippen molar-refractivity contribution >= 4 is 17.3 Å². The minimum absolute atomic E-state index is 0.0473. The molecule has 1 amide bonds. The van der Waals surface area contributed by atoms with Gasteiger partial charge in [0.25, 0.3) is 0 Å². The highest BCUT2D eigenvalue weighted by atomic mass is 16.2. The van der Waals surface area contributed by atoms with Gasteiger partial charge in [-0.05, 0) is 37.5 Å². The first-order chi connectivity index (χ1) is 8.53. The van der Waals surface area contributed by atoms with E-state index in [-0.39, 0.29) is 17.4 Å². The summed E-state index contributed by atoms with van der Waals surface area (Å²) in [6, 6.07) is 6.47. The summed E-state index contributed by atoms with van der Waals surface area (Å²) in [5.41, 5.74) is 9.58. The fourth-order valence-corrected chi connectivity index (χ4v) is 2.89. The zero-order chi connectivity index (χ0) is 12.9. The lowest BCUT2D eigenvalue weighted by Crippen LogP contribution is -2.36. The van der Waals surface area contributed by atoms with Crippen molar-refractivity contribution in [3.63, 3.8) is 0 Å². The maximum Gasteiger partial charge on any atom is 0.243 e. The molecule has 3 rings (SSSR count). The van der Waals surface area contributed by atoms with Crippen molar-refractivity contribution in [3.05, 3.63) is 23.8 Å². The molecule has 2 aliphatic rings. The molecule has 18 heavy (non-hydrogen) atoms. The van der Waals surface area contributed by atoms with Gasteiger partial charge >= 0.3 is 0 Å². The number of likely N-dealkylation sites (N-methyl/N-ethyl adjacent to an activating group) is 1. The second-order valence-electron chi connectivity index (χ2n) is 5.58. The Bertz CT molecular complexity index is 506. The predicted molar refractivity (Wildman–Crippen MR) is 72.9 cm³/mol. The van der Waals surface area contributed by atoms with Crippen LogP contribution in [-0.4, -0.2) is 25.5 Å². The quantitative estimate of drug-likeness (QED) is 0.829. The van der Waals surface area contributed by atoms with Crippen molar-refractivity contribution in [2.45, 2.75) is 31.2 Å². The maximum absolute atomic E-state index is 11.5. The van der Waals surface area contributed by atoms with E-state index in [1.54, 1.807) is 0 Å². The third kappa shape index (κ3) is 1.60. The molecule has 1 saturated carbocycles. The SMILES string of the molecule is CC(N)C1(c2ccc3c(c2)N(C)CC(=O)N3)CC1. The molecule has 1 fully saturated rings. The molecule has 3 N–H and O–H groups in total. The van der Waals surface area contributed by atoms with Crippen molar-refractivity contribution in [1.82, 2.24) is 0 Å².